The van der Waals surface area contributed by atoms with Crippen LogP contribution in [0.4, 0.5) is 0 Å². The summed E-state index contributed by atoms with van der Waals surface area (Å²) in [6.45, 7) is 0. The Bertz CT molecular complexity index is 2920. The van der Waals surface area contributed by atoms with Gasteiger partial charge in [0.05, 0.1) is 0 Å². The molecule has 8 bridgehead atoms. The fourth-order valence-corrected chi connectivity index (χ4v) is 7.87. The number of hydrogen-bond donors (Lipinski definition) is 2. The van der Waals surface area contributed by atoms with Crippen LogP contribution in [0.15, 0.2) is 243 Å². The fraction of sp³-hybridized carbons (Fsp3) is 0. The van der Waals surface area contributed by atoms with Gasteiger partial charge in [0.15, 0.2) is 0 Å². The molecule has 13 rings (SSSR count). The Kier molecular flexibility index (Phi) is 20.6. The van der Waals surface area contributed by atoms with E-state index in [1.807, 2.05) is 121 Å². The van der Waals surface area contributed by atoms with Crippen LogP contribution in [-0.2, 0) is 68.3 Å². The molecule has 4 nitrogen and oxygen atoms in total. The van der Waals surface area contributed by atoms with Crippen molar-refractivity contribution in [2.24, 2.45) is 0 Å². The summed E-state index contributed by atoms with van der Waals surface area (Å²) in [5, 5.41) is 0. The summed E-state index contributed by atoms with van der Waals surface area (Å²) in [6.07, 6.45) is 8.50. The van der Waals surface area contributed by atoms with Crippen LogP contribution in [0.5, 0.6) is 0 Å². The molecule has 2 N–H and O–H groups in total. The van der Waals surface area contributed by atoms with Crippen LogP contribution in [0.2, 0.25) is 0 Å². The standard InChI is InChI=1S/C40H26N4.4C5H5.4Fe/c1-2-10-25(9-1)37-29-17-19-31(41-29)38(26-11-3-4-12-26)33-21-23-35(43-33)40(28-15-7-8-16-28)36-24-22-34(44-36)39(27-13-5-6-14-27)32-20-18-30(37)42-32;4*1-2-4-5-3-1;;;;/h1-24,41-42H;4*1-5H;;;;/q-4;4*-1;4*+2. The number of H-pyrrole nitrogens is 2. The molecule has 3 aromatic heterocycles. The van der Waals surface area contributed by atoms with Gasteiger partial charge in [0.2, 0.25) is 0 Å². The first-order chi connectivity index (χ1) is 31.8. The molecule has 0 atom stereocenters. The number of fused-ring (bicyclic) bond motifs is 8. The zero-order valence-electron chi connectivity index (χ0n) is 36.7. The van der Waals surface area contributed by atoms with E-state index in [-0.39, 0.29) is 68.3 Å². The first kappa shape index (κ1) is 52.4. The Morgan fingerprint density at radius 1 is 0.279 bits per heavy atom. The first-order valence-electron chi connectivity index (χ1n) is 21.5. The van der Waals surface area contributed by atoms with Crippen molar-refractivity contribution < 1.29 is 68.3 Å². The zero-order valence-corrected chi connectivity index (χ0v) is 41.1. The maximum atomic E-state index is 5.28. The van der Waals surface area contributed by atoms with Gasteiger partial charge in [-0.25, -0.2) is 48.5 Å². The summed E-state index contributed by atoms with van der Waals surface area (Å²) in [7, 11) is 0. The average Bonchev–Trinajstić information content (AvgIpc) is 4.17. The van der Waals surface area contributed by atoms with Crippen molar-refractivity contribution in [2.75, 3.05) is 0 Å². The Hall–Kier alpha value is -6.52. The van der Waals surface area contributed by atoms with E-state index >= 15 is 0 Å². The van der Waals surface area contributed by atoms with E-state index in [1.54, 1.807) is 0 Å². The normalized spacial score (nSPS) is 10.4. The van der Waals surface area contributed by atoms with E-state index in [9.17, 15) is 0 Å². The van der Waals surface area contributed by atoms with E-state index in [1.165, 1.54) is 0 Å². The SMILES string of the molecule is C1=Cc2nc1c(-[c-]1cccc1)c1nc(c(-[c-]3cccc3)c3ccc([nH]3)c(-[c-]3cccc3)c3ccc([nH]3)c2-[c-]2cccc2)C=C1.[Fe+2].[Fe+2].[Fe+2].[Fe+2].c1cc[cH-]c1.c1cc[cH-]c1.c1cc[cH-]c1.c1cc[cH-]c1. The molecule has 0 saturated heterocycles. The van der Waals surface area contributed by atoms with Crippen LogP contribution in [0.25, 0.3) is 90.9 Å². The largest absolute Gasteiger partial charge is 2.00 e. The second kappa shape index (κ2) is 26.7. The maximum Gasteiger partial charge on any atom is 2.00 e. The quantitative estimate of drug-likeness (QED) is 0.136. The van der Waals surface area contributed by atoms with E-state index in [2.05, 4.69) is 156 Å². The third-order valence-electron chi connectivity index (χ3n) is 10.8. The van der Waals surface area contributed by atoms with Crippen molar-refractivity contribution in [3.05, 3.63) is 265 Å². The number of nitrogens with one attached hydrogen (secondary N) is 2. The maximum absolute atomic E-state index is 5.28. The van der Waals surface area contributed by atoms with E-state index in [0.29, 0.717) is 0 Å². The molecule has 0 unspecified atom stereocenters. The van der Waals surface area contributed by atoms with Gasteiger partial charge in [-0.3, -0.25) is 0 Å². The van der Waals surface area contributed by atoms with Gasteiger partial charge in [-0.05, 0) is 44.8 Å². The molecular weight excluding hydrogens is 1000 g/mol. The monoisotopic (exact) mass is 1050 g/mol. The number of rotatable bonds is 4. The molecule has 0 amide bonds. The second-order valence-electron chi connectivity index (χ2n) is 15.0. The molecule has 8 aromatic carbocycles. The summed E-state index contributed by atoms with van der Waals surface area (Å²) in [4.78, 5) is 18.1. The average molecular weight is 1050 g/mol. The molecule has 11 aromatic rings. The zero-order chi connectivity index (χ0) is 43.2. The van der Waals surface area contributed by atoms with Crippen LogP contribution in [-0.4, -0.2) is 19.9 Å². The van der Waals surface area contributed by atoms with Gasteiger partial charge in [-0.1, -0.05) is 93.1 Å². The van der Waals surface area contributed by atoms with Crippen molar-refractivity contribution in [1.82, 2.24) is 19.9 Å². The van der Waals surface area contributed by atoms with Crippen LogP contribution in [0, 0.1) is 0 Å². The van der Waals surface area contributed by atoms with Gasteiger partial charge in [0, 0.05) is 0 Å². The second-order valence-corrected chi connectivity index (χ2v) is 15.0. The Labute approximate surface area is 441 Å². The van der Waals surface area contributed by atoms with Crippen LogP contribution in [0.3, 0.4) is 0 Å². The number of hydrogen-bond acceptors (Lipinski definition) is 2. The predicted octanol–water partition coefficient (Wildman–Crippen LogP) is 15.8. The van der Waals surface area contributed by atoms with Crippen molar-refractivity contribution in [3.8, 4) is 44.5 Å². The fourth-order valence-electron chi connectivity index (χ4n) is 7.87. The van der Waals surface area contributed by atoms with Crippen LogP contribution >= 0.6 is 0 Å². The van der Waals surface area contributed by atoms with E-state index in [4.69, 9.17) is 9.97 Å². The Morgan fingerprint density at radius 2 is 0.500 bits per heavy atom. The molecule has 0 fully saturated rings. The van der Waals surface area contributed by atoms with Crippen LogP contribution < -0.4 is 0 Å². The van der Waals surface area contributed by atoms with Crippen molar-refractivity contribution in [3.63, 3.8) is 0 Å². The predicted molar refractivity (Wildman–Crippen MR) is 271 cm³/mol. The van der Waals surface area contributed by atoms with E-state index in [0.717, 1.165) is 89.4 Å². The minimum atomic E-state index is 0. The third kappa shape index (κ3) is 12.9. The molecule has 2 aliphatic heterocycles. The van der Waals surface area contributed by atoms with E-state index < -0.39 is 0 Å². The molecule has 2 aliphatic rings. The van der Waals surface area contributed by atoms with Crippen molar-refractivity contribution in [1.29, 1.82) is 0 Å². The molecule has 68 heavy (non-hydrogen) atoms. The summed E-state index contributed by atoms with van der Waals surface area (Å²) in [6, 6.07) is 82.5. The summed E-state index contributed by atoms with van der Waals surface area (Å²) in [5.74, 6) is 0. The molecule has 0 aliphatic carbocycles. The smallest absolute Gasteiger partial charge is 0.418 e. The molecule has 0 radical (unpaired) electrons. The summed E-state index contributed by atoms with van der Waals surface area (Å²) in [5.41, 5.74) is 16.5. The summed E-state index contributed by atoms with van der Waals surface area (Å²) >= 11 is 0. The van der Waals surface area contributed by atoms with Gasteiger partial charge in [-0.2, -0.15) is 121 Å². The molecule has 0 saturated carbocycles. The number of nitrogens with zero attached hydrogens (tertiary/aromatic N) is 2. The van der Waals surface area contributed by atoms with Gasteiger partial charge >= 0.3 is 68.3 Å². The molecule has 5 heterocycles. The van der Waals surface area contributed by atoms with Crippen molar-refractivity contribution in [2.45, 2.75) is 0 Å². The van der Waals surface area contributed by atoms with Gasteiger partial charge in [0.1, 0.15) is 0 Å². The minimum absolute atomic E-state index is 0. The van der Waals surface area contributed by atoms with Crippen LogP contribution in [0.1, 0.15) is 22.8 Å². The van der Waals surface area contributed by atoms with Gasteiger partial charge in [0.25, 0.3) is 0 Å². The minimum Gasteiger partial charge on any atom is -0.418 e. The molecule has 8 heteroatoms. The topological polar surface area (TPSA) is 57.4 Å². The molecule has 338 valence electrons. The number of aromatic nitrogens is 4. The Balaban J connectivity index is 0.000000298. The van der Waals surface area contributed by atoms with Crippen molar-refractivity contribution >= 4 is 46.4 Å². The van der Waals surface area contributed by atoms with Gasteiger partial charge in [-0.15, -0.1) is 48.5 Å². The summed E-state index contributed by atoms with van der Waals surface area (Å²) < 4.78 is 0. The number of aromatic amines is 2. The third-order valence-corrected chi connectivity index (χ3v) is 10.8. The Morgan fingerprint density at radius 3 is 0.750 bits per heavy atom. The van der Waals surface area contributed by atoms with Gasteiger partial charge < -0.3 is 19.9 Å². The molecule has 0 spiro atoms. The first-order valence-corrected chi connectivity index (χ1v) is 21.5. The molecular formula is C60H46Fe4N4.